The quantitative estimate of drug-likeness (QED) is 0.0353. The van der Waals surface area contributed by atoms with E-state index in [9.17, 15) is 9.59 Å². The number of hydrogen-bond acceptors (Lipinski definition) is 3. The molecule has 0 aromatic carbocycles. The fourth-order valence-electron chi connectivity index (χ4n) is 7.34. The molecule has 0 fully saturated rings. The standard InChI is InChI=1S/C47H96NO3P/c1-6-8-10-12-14-16-18-20-22-24-26-28-30-32-34-36-38-40-42-46(49)52(51-45-44-48(3,4)5)47(50)43-41-39-37-35-33-31-29-27-25-23-21-19-17-15-13-11-9-7-2/h52H,6-45H2,1-5H3. The molecular weight excluding hydrogens is 657 g/mol. The number of carbonyl (C=O) groups excluding carboxylic acids is 2. The molecule has 4 nitrogen and oxygen atoms in total. The monoisotopic (exact) mass is 754 g/mol. The molecular formula is C47H96NO3P. The van der Waals surface area contributed by atoms with Crippen LogP contribution in [0.1, 0.15) is 258 Å². The summed E-state index contributed by atoms with van der Waals surface area (Å²) in [6.07, 6.45) is 49.5. The summed E-state index contributed by atoms with van der Waals surface area (Å²) < 4.78 is 6.89. The number of quaternary nitrogens is 1. The smallest absolute Gasteiger partial charge is 0.0654 e. The van der Waals surface area contributed by atoms with Crippen molar-refractivity contribution in [1.82, 2.24) is 0 Å². The van der Waals surface area contributed by atoms with Gasteiger partial charge in [-0.05, 0) is 0 Å². The van der Waals surface area contributed by atoms with Crippen molar-refractivity contribution < 1.29 is 18.6 Å². The first kappa shape index (κ1) is 51.7. The molecule has 0 spiro atoms. The predicted octanol–water partition coefficient (Wildman–Crippen LogP) is 15.8. The van der Waals surface area contributed by atoms with Crippen molar-refractivity contribution in [2.24, 2.45) is 0 Å². The van der Waals surface area contributed by atoms with Gasteiger partial charge in [-0.25, -0.2) is 0 Å². The van der Waals surface area contributed by atoms with Gasteiger partial charge in [-0.2, -0.15) is 0 Å². The summed E-state index contributed by atoms with van der Waals surface area (Å²) >= 11 is 0. The molecule has 0 N–H and O–H groups in total. The molecule has 0 saturated heterocycles. The zero-order valence-corrected chi connectivity index (χ0v) is 37.5. The zero-order valence-electron chi connectivity index (χ0n) is 36.5. The van der Waals surface area contributed by atoms with Crippen LogP contribution in [0.4, 0.5) is 0 Å². The number of nitrogens with zero attached hydrogens (tertiary/aromatic N) is 1. The van der Waals surface area contributed by atoms with Gasteiger partial charge in [-0.15, -0.1) is 0 Å². The Morgan fingerprint density at radius 2 is 0.577 bits per heavy atom. The van der Waals surface area contributed by atoms with Crippen molar-refractivity contribution in [1.29, 1.82) is 0 Å². The first-order valence-electron chi connectivity index (χ1n) is 23.7. The normalized spacial score (nSPS) is 12.1. The molecule has 0 rings (SSSR count). The Kier molecular flexibility index (Phi) is 40.1. The van der Waals surface area contributed by atoms with E-state index in [-0.39, 0.29) is 11.0 Å². The second-order valence-electron chi connectivity index (χ2n) is 17.6. The maximum absolute atomic E-state index is 13.2. The van der Waals surface area contributed by atoms with E-state index in [1.165, 1.54) is 205 Å². The van der Waals surface area contributed by atoms with Crippen LogP contribution in [0.25, 0.3) is 0 Å². The van der Waals surface area contributed by atoms with Crippen molar-refractivity contribution in [2.75, 3.05) is 34.3 Å². The molecule has 0 unspecified atom stereocenters. The number of unbranched alkanes of at least 4 members (excludes halogenated alkanes) is 34. The fraction of sp³-hybridized carbons (Fsp3) is 0.957. The molecule has 312 valence electrons. The minimum absolute atomic E-state index is 0.121. The van der Waals surface area contributed by atoms with Crippen LogP contribution < -0.4 is 0 Å². The fourth-order valence-corrected chi connectivity index (χ4v) is 9.08. The summed E-state index contributed by atoms with van der Waals surface area (Å²) in [6, 6.07) is 0. The van der Waals surface area contributed by atoms with Crippen LogP contribution in [0.3, 0.4) is 0 Å². The predicted molar refractivity (Wildman–Crippen MR) is 234 cm³/mol. The molecule has 0 amide bonds. The third-order valence-corrected chi connectivity index (χ3v) is 13.0. The molecule has 0 aromatic heterocycles. The molecule has 0 atom stereocenters. The molecule has 0 saturated carbocycles. The Hall–Kier alpha value is -0.310. The van der Waals surface area contributed by atoms with Crippen LogP contribution in [-0.4, -0.2) is 49.8 Å². The molecule has 5 heteroatoms. The first-order chi connectivity index (χ1) is 25.3. The third kappa shape index (κ3) is 39.4. The average Bonchev–Trinajstić information content (AvgIpc) is 3.11. The Labute approximate surface area is 329 Å². The van der Waals surface area contributed by atoms with Crippen LogP contribution in [0.5, 0.6) is 0 Å². The summed E-state index contributed by atoms with van der Waals surface area (Å²) in [7, 11) is 4.35. The number of hydrogen-bond donors (Lipinski definition) is 0. The first-order valence-corrected chi connectivity index (χ1v) is 25.1. The maximum atomic E-state index is 13.2. The van der Waals surface area contributed by atoms with Gasteiger partial charge in [0.15, 0.2) is 0 Å². The van der Waals surface area contributed by atoms with E-state index in [1.807, 2.05) is 0 Å². The number of carbonyl (C=O) groups is 2. The van der Waals surface area contributed by atoms with Gasteiger partial charge >= 0.3 is 213 Å². The minimum atomic E-state index is -2.05. The van der Waals surface area contributed by atoms with Gasteiger partial charge in [0.25, 0.3) is 0 Å². The van der Waals surface area contributed by atoms with E-state index in [4.69, 9.17) is 4.52 Å². The van der Waals surface area contributed by atoms with Gasteiger partial charge in [0.05, 0.1) is 0 Å². The summed E-state index contributed by atoms with van der Waals surface area (Å²) in [5.41, 5.74) is 0.241. The van der Waals surface area contributed by atoms with E-state index in [0.29, 0.717) is 19.4 Å². The minimum Gasteiger partial charge on any atom is -0.0654 e. The molecule has 0 radical (unpaired) electrons. The molecule has 0 aliphatic heterocycles. The van der Waals surface area contributed by atoms with Crippen LogP contribution in [0.2, 0.25) is 0 Å². The molecule has 0 bridgehead atoms. The van der Waals surface area contributed by atoms with Crippen LogP contribution in [0, 0.1) is 0 Å². The summed E-state index contributed by atoms with van der Waals surface area (Å²) in [5.74, 6) is 0. The van der Waals surface area contributed by atoms with Gasteiger partial charge in [-0.3, -0.25) is 0 Å². The molecule has 0 aromatic rings. The van der Waals surface area contributed by atoms with Gasteiger partial charge in [0.2, 0.25) is 0 Å². The van der Waals surface area contributed by atoms with Crippen molar-refractivity contribution in [3.05, 3.63) is 0 Å². The van der Waals surface area contributed by atoms with Crippen molar-refractivity contribution >= 4 is 19.2 Å². The Balaban J connectivity index is 3.91. The summed E-state index contributed by atoms with van der Waals surface area (Å²) in [4.78, 5) is 26.4. The molecule has 0 aliphatic rings. The van der Waals surface area contributed by atoms with Crippen LogP contribution in [-0.2, 0) is 14.1 Å². The van der Waals surface area contributed by atoms with E-state index < -0.39 is 8.15 Å². The Morgan fingerprint density at radius 1 is 0.365 bits per heavy atom. The average molecular weight is 754 g/mol. The zero-order chi connectivity index (χ0) is 38.2. The third-order valence-electron chi connectivity index (χ3n) is 11.0. The SMILES string of the molecule is CCCCCCCCCCCCCCCCCCCCC(=O)[PH-](OCC[N+](C)(C)C)C(=O)CCCCCCCCCCCCCCCCCCCC. The second-order valence-corrected chi connectivity index (χ2v) is 19.6. The summed E-state index contributed by atoms with van der Waals surface area (Å²) in [6.45, 7) is 5.92. The molecule has 52 heavy (non-hydrogen) atoms. The van der Waals surface area contributed by atoms with Gasteiger partial charge < -0.3 is 0 Å². The van der Waals surface area contributed by atoms with Crippen molar-refractivity contribution in [3.8, 4) is 0 Å². The van der Waals surface area contributed by atoms with Gasteiger partial charge in [0, 0.05) is 0 Å². The van der Waals surface area contributed by atoms with E-state index >= 15 is 0 Å². The molecule has 0 heterocycles. The van der Waals surface area contributed by atoms with Crippen molar-refractivity contribution in [2.45, 2.75) is 258 Å². The number of likely N-dealkylation sites (N-methyl/N-ethyl adjacent to an activating group) is 1. The Morgan fingerprint density at radius 3 is 0.788 bits per heavy atom. The van der Waals surface area contributed by atoms with Gasteiger partial charge in [0.1, 0.15) is 0 Å². The topological polar surface area (TPSA) is 43.4 Å². The summed E-state index contributed by atoms with van der Waals surface area (Å²) in [5, 5.41) is 0. The second kappa shape index (κ2) is 40.4. The molecule has 0 aliphatic carbocycles. The Bertz CT molecular complexity index is 699. The van der Waals surface area contributed by atoms with Crippen molar-refractivity contribution in [3.63, 3.8) is 0 Å². The van der Waals surface area contributed by atoms with E-state index in [1.54, 1.807) is 0 Å². The number of rotatable bonds is 44. The van der Waals surface area contributed by atoms with E-state index in [0.717, 1.165) is 36.7 Å². The van der Waals surface area contributed by atoms with Gasteiger partial charge in [-0.1, -0.05) is 117 Å². The van der Waals surface area contributed by atoms with Crippen LogP contribution >= 0.6 is 8.15 Å². The van der Waals surface area contributed by atoms with E-state index in [2.05, 4.69) is 35.0 Å². The van der Waals surface area contributed by atoms with Crippen LogP contribution in [0.15, 0.2) is 0 Å².